The molecule has 5 nitrogen and oxygen atoms in total. The first-order valence-corrected chi connectivity index (χ1v) is 10.8. The molecule has 0 radical (unpaired) electrons. The fraction of sp³-hybridized carbons (Fsp3) is 0.773. The minimum absolute atomic E-state index is 0.117. The van der Waals surface area contributed by atoms with Gasteiger partial charge in [-0.2, -0.15) is 0 Å². The van der Waals surface area contributed by atoms with Gasteiger partial charge in [-0.25, -0.2) is 0 Å². The van der Waals surface area contributed by atoms with Crippen LogP contribution in [0.3, 0.4) is 0 Å². The highest BCUT2D eigenvalue weighted by Crippen LogP contribution is 2.67. The van der Waals surface area contributed by atoms with Crippen molar-refractivity contribution < 1.29 is 9.90 Å². The topological polar surface area (TPSA) is 68.0 Å². The number of allylic oxidation sites excluding steroid dienone is 1. The molecule has 6 atom stereocenters. The summed E-state index contributed by atoms with van der Waals surface area (Å²) in [5.41, 5.74) is 1.23. The molecule has 3 saturated carbocycles. The van der Waals surface area contributed by atoms with Gasteiger partial charge >= 0.3 is 0 Å². The standard InChI is InChI=1S/C22H31N3O2/c1-3-25-13-20(23-24-25)22(27)11-9-19-18-6-4-14-12-15(26)5-7-16(14)17(18)8-10-21(19,22)2/h12-13,16-19,27H,3-11H2,1-2H3/t16?,17?,18?,19?,21-,22+/m0/s1. The van der Waals surface area contributed by atoms with Crippen LogP contribution < -0.4 is 0 Å². The third-order valence-electron chi connectivity index (χ3n) is 8.74. The van der Waals surface area contributed by atoms with Crippen LogP contribution in [0.1, 0.15) is 70.9 Å². The van der Waals surface area contributed by atoms with Crippen LogP contribution in [0.15, 0.2) is 17.8 Å². The molecule has 0 bridgehead atoms. The number of carbonyl (C=O) groups is 1. The second kappa shape index (κ2) is 6.00. The molecular formula is C22H31N3O2. The molecule has 1 heterocycles. The third-order valence-corrected chi connectivity index (χ3v) is 8.74. The summed E-state index contributed by atoms with van der Waals surface area (Å²) < 4.78 is 1.83. The largest absolute Gasteiger partial charge is 0.383 e. The smallest absolute Gasteiger partial charge is 0.155 e. The molecule has 1 aromatic heterocycles. The lowest BCUT2D eigenvalue weighted by molar-refractivity contribution is -0.126. The Hall–Kier alpha value is -1.49. The van der Waals surface area contributed by atoms with Crippen molar-refractivity contribution in [2.24, 2.45) is 29.1 Å². The van der Waals surface area contributed by atoms with Gasteiger partial charge in [0.25, 0.3) is 0 Å². The number of ketones is 1. The van der Waals surface area contributed by atoms with Crippen LogP contribution in [-0.2, 0) is 16.9 Å². The van der Waals surface area contributed by atoms with E-state index in [1.165, 1.54) is 12.0 Å². The lowest BCUT2D eigenvalue weighted by Crippen LogP contribution is -2.51. The molecule has 146 valence electrons. The lowest BCUT2D eigenvalue weighted by atomic mass is 9.50. The number of aliphatic hydroxyl groups is 1. The molecule has 1 N–H and O–H groups in total. The second-order valence-corrected chi connectivity index (χ2v) is 9.62. The van der Waals surface area contributed by atoms with E-state index in [1.54, 1.807) is 0 Å². The van der Waals surface area contributed by atoms with Crippen LogP contribution in [-0.4, -0.2) is 25.9 Å². The number of rotatable bonds is 2. The summed E-state index contributed by atoms with van der Waals surface area (Å²) in [6.07, 6.45) is 12.0. The van der Waals surface area contributed by atoms with Gasteiger partial charge in [0.1, 0.15) is 11.3 Å². The number of hydrogen-bond donors (Lipinski definition) is 1. The van der Waals surface area contributed by atoms with Gasteiger partial charge in [0.15, 0.2) is 5.78 Å². The van der Waals surface area contributed by atoms with E-state index in [9.17, 15) is 9.90 Å². The zero-order valence-electron chi connectivity index (χ0n) is 16.5. The van der Waals surface area contributed by atoms with Crippen LogP contribution in [0.4, 0.5) is 0 Å². The number of nitrogens with zero attached hydrogens (tertiary/aromatic N) is 3. The van der Waals surface area contributed by atoms with Crippen molar-refractivity contribution >= 4 is 5.78 Å². The Morgan fingerprint density at radius 3 is 2.81 bits per heavy atom. The van der Waals surface area contributed by atoms with E-state index < -0.39 is 5.60 Å². The normalized spacial score (nSPS) is 43.7. The highest BCUT2D eigenvalue weighted by atomic mass is 16.3. The maximum atomic E-state index is 11.9. The minimum atomic E-state index is -0.852. The molecule has 5 rings (SSSR count). The molecule has 0 saturated heterocycles. The Labute approximate surface area is 161 Å². The molecule has 0 amide bonds. The van der Waals surface area contributed by atoms with Crippen LogP contribution in [0.2, 0.25) is 0 Å². The molecule has 27 heavy (non-hydrogen) atoms. The molecule has 1 aromatic rings. The Morgan fingerprint density at radius 1 is 1.19 bits per heavy atom. The first-order chi connectivity index (χ1) is 13.0. The molecule has 0 aliphatic heterocycles. The molecule has 3 fully saturated rings. The van der Waals surface area contributed by atoms with E-state index >= 15 is 0 Å². The van der Waals surface area contributed by atoms with Gasteiger partial charge in [0, 0.05) is 18.4 Å². The van der Waals surface area contributed by atoms with Crippen molar-refractivity contribution in [1.29, 1.82) is 0 Å². The molecule has 0 aromatic carbocycles. The van der Waals surface area contributed by atoms with Crippen molar-refractivity contribution in [2.75, 3.05) is 0 Å². The molecule has 5 heteroatoms. The third kappa shape index (κ3) is 2.36. The Kier molecular flexibility index (Phi) is 3.91. The van der Waals surface area contributed by atoms with Crippen LogP contribution in [0, 0.1) is 29.1 Å². The van der Waals surface area contributed by atoms with E-state index in [0.717, 1.165) is 57.2 Å². The summed E-state index contributed by atoms with van der Waals surface area (Å²) in [4.78, 5) is 11.9. The highest BCUT2D eigenvalue weighted by Gasteiger charge is 2.63. The van der Waals surface area contributed by atoms with Crippen LogP contribution in [0.5, 0.6) is 0 Å². The number of aromatic nitrogens is 3. The molecule has 0 spiro atoms. The fourth-order valence-corrected chi connectivity index (χ4v) is 7.26. The van der Waals surface area contributed by atoms with Gasteiger partial charge < -0.3 is 5.11 Å². The van der Waals surface area contributed by atoms with E-state index in [1.807, 2.05) is 17.0 Å². The van der Waals surface area contributed by atoms with Crippen LogP contribution in [0.25, 0.3) is 0 Å². The van der Waals surface area contributed by atoms with Crippen molar-refractivity contribution in [3.63, 3.8) is 0 Å². The average molecular weight is 370 g/mol. The monoisotopic (exact) mass is 369 g/mol. The van der Waals surface area contributed by atoms with Crippen LogP contribution >= 0.6 is 0 Å². The predicted molar refractivity (Wildman–Crippen MR) is 102 cm³/mol. The number of fused-ring (bicyclic) bond motifs is 5. The zero-order valence-corrected chi connectivity index (χ0v) is 16.5. The van der Waals surface area contributed by atoms with Gasteiger partial charge in [-0.3, -0.25) is 9.48 Å². The Balaban J connectivity index is 1.46. The predicted octanol–water partition coefficient (Wildman–Crippen LogP) is 3.63. The van der Waals surface area contributed by atoms with Gasteiger partial charge in [0.2, 0.25) is 0 Å². The fourth-order valence-electron chi connectivity index (χ4n) is 7.26. The first-order valence-electron chi connectivity index (χ1n) is 10.8. The number of hydrogen-bond acceptors (Lipinski definition) is 4. The van der Waals surface area contributed by atoms with Crippen molar-refractivity contribution in [3.05, 3.63) is 23.5 Å². The summed E-state index contributed by atoms with van der Waals surface area (Å²) in [5, 5.41) is 20.4. The van der Waals surface area contributed by atoms with Crippen molar-refractivity contribution in [2.45, 2.75) is 77.4 Å². The summed E-state index contributed by atoms with van der Waals surface area (Å²) in [6.45, 7) is 5.14. The van der Waals surface area contributed by atoms with Crippen molar-refractivity contribution in [1.82, 2.24) is 15.0 Å². The second-order valence-electron chi connectivity index (χ2n) is 9.62. The van der Waals surface area contributed by atoms with Crippen molar-refractivity contribution in [3.8, 4) is 0 Å². The van der Waals surface area contributed by atoms with E-state index in [-0.39, 0.29) is 5.41 Å². The average Bonchev–Trinajstić information content (AvgIpc) is 3.25. The molecular weight excluding hydrogens is 338 g/mol. The Bertz CT molecular complexity index is 799. The maximum absolute atomic E-state index is 11.9. The van der Waals surface area contributed by atoms with Gasteiger partial charge in [-0.1, -0.05) is 17.7 Å². The summed E-state index contributed by atoms with van der Waals surface area (Å²) in [7, 11) is 0. The summed E-state index contributed by atoms with van der Waals surface area (Å²) in [6, 6.07) is 0. The summed E-state index contributed by atoms with van der Waals surface area (Å²) in [5.74, 6) is 2.86. The molecule has 4 unspecified atom stereocenters. The Morgan fingerprint density at radius 2 is 2.04 bits per heavy atom. The van der Waals surface area contributed by atoms with E-state index in [2.05, 4.69) is 24.2 Å². The quantitative estimate of drug-likeness (QED) is 0.864. The van der Waals surface area contributed by atoms with Gasteiger partial charge in [-0.15, -0.1) is 5.10 Å². The van der Waals surface area contributed by atoms with Gasteiger partial charge in [-0.05, 0) is 81.6 Å². The minimum Gasteiger partial charge on any atom is -0.383 e. The zero-order chi connectivity index (χ0) is 18.8. The first kappa shape index (κ1) is 17.6. The van der Waals surface area contributed by atoms with E-state index in [0.29, 0.717) is 29.5 Å². The summed E-state index contributed by atoms with van der Waals surface area (Å²) >= 11 is 0. The van der Waals surface area contributed by atoms with Gasteiger partial charge in [0.05, 0.1) is 6.20 Å². The molecule has 4 aliphatic rings. The SMILES string of the molecule is CCn1cc([C@]2(O)CCC3C4CCC5=CC(=O)CCC5C4CC[C@@]32C)nn1. The number of carbonyl (C=O) groups excluding carboxylic acids is 1. The maximum Gasteiger partial charge on any atom is 0.155 e. The van der Waals surface area contributed by atoms with E-state index in [4.69, 9.17) is 0 Å². The number of aryl methyl sites for hydroxylation is 1. The molecule has 4 aliphatic carbocycles. The highest BCUT2D eigenvalue weighted by molar-refractivity contribution is 5.91. The lowest BCUT2D eigenvalue weighted by Gasteiger charge is -2.55.